The van der Waals surface area contributed by atoms with E-state index in [1.807, 2.05) is 4.72 Å². The molecule has 0 saturated carbocycles. The van der Waals surface area contributed by atoms with Gasteiger partial charge in [-0.1, -0.05) is 30.3 Å². The Morgan fingerprint density at radius 1 is 1.08 bits per heavy atom. The van der Waals surface area contributed by atoms with Crippen LogP contribution >= 0.6 is 0 Å². The van der Waals surface area contributed by atoms with Crippen molar-refractivity contribution in [1.82, 2.24) is 4.72 Å². The van der Waals surface area contributed by atoms with Gasteiger partial charge in [-0.2, -0.15) is 0 Å². The molecule has 1 amide bonds. The van der Waals surface area contributed by atoms with E-state index in [9.17, 15) is 13.2 Å². The number of ether oxygens (including phenoxy) is 3. The normalized spacial score (nSPS) is 14.6. The highest BCUT2D eigenvalue weighted by Crippen LogP contribution is 2.32. The highest BCUT2D eigenvalue weighted by Gasteiger charge is 2.27. The van der Waals surface area contributed by atoms with E-state index in [4.69, 9.17) is 14.2 Å². The Labute approximate surface area is 145 Å². The molecule has 132 valence electrons. The van der Waals surface area contributed by atoms with E-state index in [2.05, 4.69) is 0 Å². The second-order valence-electron chi connectivity index (χ2n) is 5.30. The van der Waals surface area contributed by atoms with E-state index in [0.717, 1.165) is 0 Å². The van der Waals surface area contributed by atoms with E-state index >= 15 is 0 Å². The van der Waals surface area contributed by atoms with Gasteiger partial charge in [0.1, 0.15) is 13.2 Å². The molecule has 0 spiro atoms. The molecule has 1 aliphatic rings. The zero-order valence-corrected chi connectivity index (χ0v) is 14.3. The molecule has 0 saturated heterocycles. The highest BCUT2D eigenvalue weighted by atomic mass is 32.2. The molecule has 0 aliphatic carbocycles. The Balaban J connectivity index is 1.82. The molecule has 3 rings (SSSR count). The Morgan fingerprint density at radius 2 is 1.76 bits per heavy atom. The SMILES string of the molecule is COC(C(=O)NS(=O)(=O)c1ccc2c(c1)OCCO2)c1ccccc1. The van der Waals surface area contributed by atoms with Crippen molar-refractivity contribution in [3.8, 4) is 11.5 Å². The van der Waals surface area contributed by atoms with Gasteiger partial charge in [-0.3, -0.25) is 4.79 Å². The molecule has 1 unspecified atom stereocenters. The maximum Gasteiger partial charge on any atom is 0.267 e. The fraction of sp³-hybridized carbons (Fsp3) is 0.235. The van der Waals surface area contributed by atoms with Gasteiger partial charge in [-0.25, -0.2) is 13.1 Å². The number of rotatable bonds is 5. The summed E-state index contributed by atoms with van der Waals surface area (Å²) in [5.74, 6) is 0.0205. The monoisotopic (exact) mass is 363 g/mol. The predicted molar refractivity (Wildman–Crippen MR) is 89.0 cm³/mol. The van der Waals surface area contributed by atoms with Crippen LogP contribution in [0.15, 0.2) is 53.4 Å². The summed E-state index contributed by atoms with van der Waals surface area (Å²) in [5.41, 5.74) is 0.555. The molecule has 1 aliphatic heterocycles. The number of benzene rings is 2. The molecule has 2 aromatic carbocycles. The minimum absolute atomic E-state index is 0.0898. The Hall–Kier alpha value is -2.58. The van der Waals surface area contributed by atoms with Crippen molar-refractivity contribution in [3.05, 3.63) is 54.1 Å². The summed E-state index contributed by atoms with van der Waals surface area (Å²) < 4.78 is 42.9. The van der Waals surface area contributed by atoms with E-state index in [1.54, 1.807) is 30.3 Å². The van der Waals surface area contributed by atoms with Crippen LogP contribution in [0.2, 0.25) is 0 Å². The molecule has 2 aromatic rings. The smallest absolute Gasteiger partial charge is 0.267 e. The van der Waals surface area contributed by atoms with Crippen molar-refractivity contribution in [2.45, 2.75) is 11.0 Å². The van der Waals surface area contributed by atoms with Crippen molar-refractivity contribution in [2.24, 2.45) is 0 Å². The first-order valence-electron chi connectivity index (χ1n) is 7.55. The minimum atomic E-state index is -4.07. The fourth-order valence-corrected chi connectivity index (χ4v) is 3.46. The lowest BCUT2D eigenvalue weighted by Crippen LogP contribution is -2.35. The van der Waals surface area contributed by atoms with Crippen molar-refractivity contribution in [2.75, 3.05) is 20.3 Å². The first-order valence-corrected chi connectivity index (χ1v) is 9.03. The largest absolute Gasteiger partial charge is 0.486 e. The number of amides is 1. The van der Waals surface area contributed by atoms with Crippen LogP contribution in [-0.4, -0.2) is 34.6 Å². The maximum absolute atomic E-state index is 12.5. The van der Waals surface area contributed by atoms with Crippen LogP contribution in [0, 0.1) is 0 Å². The summed E-state index contributed by atoms with van der Waals surface area (Å²) in [5, 5.41) is 0. The first-order chi connectivity index (χ1) is 12.0. The minimum Gasteiger partial charge on any atom is -0.486 e. The third-order valence-corrected chi connectivity index (χ3v) is 4.98. The predicted octanol–water partition coefficient (Wildman–Crippen LogP) is 1.65. The number of fused-ring (bicyclic) bond motifs is 1. The summed E-state index contributed by atoms with van der Waals surface area (Å²) >= 11 is 0. The molecule has 0 radical (unpaired) electrons. The zero-order valence-electron chi connectivity index (χ0n) is 13.5. The van der Waals surface area contributed by atoms with Crippen LogP contribution in [0.3, 0.4) is 0 Å². The van der Waals surface area contributed by atoms with Crippen LogP contribution in [0.5, 0.6) is 11.5 Å². The third-order valence-electron chi connectivity index (χ3n) is 3.64. The molecule has 0 aromatic heterocycles. The van der Waals surface area contributed by atoms with E-state index in [0.29, 0.717) is 30.3 Å². The van der Waals surface area contributed by atoms with Gasteiger partial charge in [-0.15, -0.1) is 0 Å². The molecule has 7 nitrogen and oxygen atoms in total. The van der Waals surface area contributed by atoms with Gasteiger partial charge in [0.2, 0.25) is 0 Å². The fourth-order valence-electron chi connectivity index (χ4n) is 2.46. The lowest BCUT2D eigenvalue weighted by atomic mass is 10.1. The summed E-state index contributed by atoms with van der Waals surface area (Å²) in [6, 6.07) is 12.8. The number of hydrogen-bond donors (Lipinski definition) is 1. The van der Waals surface area contributed by atoms with Crippen LogP contribution in [-0.2, 0) is 19.6 Å². The van der Waals surface area contributed by atoms with Gasteiger partial charge in [0.25, 0.3) is 15.9 Å². The number of nitrogens with one attached hydrogen (secondary N) is 1. The topological polar surface area (TPSA) is 90.9 Å². The molecular formula is C17H17NO6S. The number of sulfonamides is 1. The standard InChI is InChI=1S/C17H17NO6S/c1-22-16(12-5-3-2-4-6-12)17(19)18-25(20,21)13-7-8-14-15(11-13)24-10-9-23-14/h2-8,11,16H,9-10H2,1H3,(H,18,19). The van der Waals surface area contributed by atoms with Gasteiger partial charge in [-0.05, 0) is 17.7 Å². The maximum atomic E-state index is 12.5. The van der Waals surface area contributed by atoms with Gasteiger partial charge < -0.3 is 14.2 Å². The Kier molecular flexibility index (Phi) is 4.91. The molecule has 1 atom stereocenters. The zero-order chi connectivity index (χ0) is 17.9. The molecular weight excluding hydrogens is 346 g/mol. The molecule has 0 fully saturated rings. The van der Waals surface area contributed by atoms with Crippen molar-refractivity contribution in [3.63, 3.8) is 0 Å². The number of carbonyl (C=O) groups is 1. The highest BCUT2D eigenvalue weighted by molar-refractivity contribution is 7.90. The Morgan fingerprint density at radius 3 is 2.44 bits per heavy atom. The quantitative estimate of drug-likeness (QED) is 0.869. The summed E-state index contributed by atoms with van der Waals surface area (Å²) in [6.07, 6.45) is -1.03. The van der Waals surface area contributed by atoms with Gasteiger partial charge in [0.05, 0.1) is 4.90 Å². The average molecular weight is 363 g/mol. The molecule has 1 heterocycles. The molecule has 0 bridgehead atoms. The van der Waals surface area contributed by atoms with E-state index < -0.39 is 22.0 Å². The average Bonchev–Trinajstić information content (AvgIpc) is 2.62. The summed E-state index contributed by atoms with van der Waals surface area (Å²) in [4.78, 5) is 12.3. The molecule has 8 heteroatoms. The second kappa shape index (κ2) is 7.12. The number of carbonyl (C=O) groups excluding carboxylic acids is 1. The third kappa shape index (κ3) is 3.75. The van der Waals surface area contributed by atoms with E-state index in [-0.39, 0.29) is 4.90 Å². The molecule has 25 heavy (non-hydrogen) atoms. The number of hydrogen-bond acceptors (Lipinski definition) is 6. The van der Waals surface area contributed by atoms with E-state index in [1.165, 1.54) is 25.3 Å². The first kappa shape index (κ1) is 17.2. The summed E-state index contributed by atoms with van der Waals surface area (Å²) in [6.45, 7) is 0.741. The van der Waals surface area contributed by atoms with Crippen LogP contribution in [0.1, 0.15) is 11.7 Å². The van der Waals surface area contributed by atoms with Crippen molar-refractivity contribution in [1.29, 1.82) is 0 Å². The van der Waals surface area contributed by atoms with Crippen LogP contribution in [0.25, 0.3) is 0 Å². The second-order valence-corrected chi connectivity index (χ2v) is 6.98. The number of methoxy groups -OCH3 is 1. The lowest BCUT2D eigenvalue weighted by molar-refractivity contribution is -0.129. The van der Waals surface area contributed by atoms with Gasteiger partial charge in [0.15, 0.2) is 17.6 Å². The Bertz CT molecular complexity index is 866. The lowest BCUT2D eigenvalue weighted by Gasteiger charge is -2.19. The van der Waals surface area contributed by atoms with Gasteiger partial charge in [0, 0.05) is 13.2 Å². The van der Waals surface area contributed by atoms with Crippen molar-refractivity contribution >= 4 is 15.9 Å². The van der Waals surface area contributed by atoms with Gasteiger partial charge >= 0.3 is 0 Å². The van der Waals surface area contributed by atoms with Crippen LogP contribution in [0.4, 0.5) is 0 Å². The van der Waals surface area contributed by atoms with Crippen LogP contribution < -0.4 is 14.2 Å². The molecule has 1 N–H and O–H groups in total. The summed E-state index contributed by atoms with van der Waals surface area (Å²) in [7, 11) is -2.73. The van der Waals surface area contributed by atoms with Crippen molar-refractivity contribution < 1.29 is 27.4 Å².